The van der Waals surface area contributed by atoms with E-state index in [0.29, 0.717) is 6.61 Å². The van der Waals surface area contributed by atoms with Crippen LogP contribution >= 0.6 is 0 Å². The fraction of sp³-hybridized carbons (Fsp3) is 0.462. The molecule has 0 bridgehead atoms. The molecule has 2 aliphatic rings. The SMILES string of the molecule is N#Cc1cc(F)c(NC2C(N)C3CCOC32)c(F)c1. The predicted molar refractivity (Wildman–Crippen MR) is 64.3 cm³/mol. The lowest BCUT2D eigenvalue weighted by atomic mass is 9.72. The number of rotatable bonds is 2. The summed E-state index contributed by atoms with van der Waals surface area (Å²) in [5, 5.41) is 11.4. The smallest absolute Gasteiger partial charge is 0.150 e. The number of fused-ring (bicyclic) bond motifs is 1. The number of nitriles is 1. The molecule has 19 heavy (non-hydrogen) atoms. The maximum Gasteiger partial charge on any atom is 0.150 e. The van der Waals surface area contributed by atoms with Crippen molar-refractivity contribution >= 4 is 5.69 Å². The second-order valence-corrected chi connectivity index (χ2v) is 4.96. The van der Waals surface area contributed by atoms with Gasteiger partial charge in [-0.3, -0.25) is 0 Å². The van der Waals surface area contributed by atoms with Crippen molar-refractivity contribution in [1.29, 1.82) is 5.26 Å². The zero-order valence-corrected chi connectivity index (χ0v) is 10.1. The number of benzene rings is 1. The fourth-order valence-electron chi connectivity index (χ4n) is 2.87. The number of nitrogens with one attached hydrogen (secondary N) is 1. The van der Waals surface area contributed by atoms with Crippen LogP contribution < -0.4 is 11.1 Å². The highest BCUT2D eigenvalue weighted by Gasteiger charge is 2.52. The minimum atomic E-state index is -0.787. The molecule has 100 valence electrons. The van der Waals surface area contributed by atoms with Gasteiger partial charge in [-0.05, 0) is 18.6 Å². The molecule has 1 saturated carbocycles. The normalized spacial score (nSPS) is 32.3. The highest BCUT2D eigenvalue weighted by Crippen LogP contribution is 2.40. The standard InChI is InChI=1S/C13H13F2N3O/c14-8-3-6(5-16)4-9(15)11(8)18-12-10(17)7-1-2-19-13(7)12/h3-4,7,10,12-13,18H,1-2,17H2. The van der Waals surface area contributed by atoms with E-state index in [1.54, 1.807) is 6.07 Å². The first-order chi connectivity index (χ1) is 9.11. The summed E-state index contributed by atoms with van der Waals surface area (Å²) in [7, 11) is 0. The van der Waals surface area contributed by atoms with E-state index in [0.717, 1.165) is 18.6 Å². The average molecular weight is 265 g/mol. The Morgan fingerprint density at radius 1 is 1.37 bits per heavy atom. The van der Waals surface area contributed by atoms with E-state index < -0.39 is 11.6 Å². The summed E-state index contributed by atoms with van der Waals surface area (Å²) in [6, 6.07) is 3.26. The van der Waals surface area contributed by atoms with Gasteiger partial charge in [0, 0.05) is 18.6 Å². The van der Waals surface area contributed by atoms with Crippen LogP contribution in [0.5, 0.6) is 0 Å². The van der Waals surface area contributed by atoms with Gasteiger partial charge in [0.05, 0.1) is 23.8 Å². The molecule has 1 aromatic carbocycles. The summed E-state index contributed by atoms with van der Waals surface area (Å²) in [4.78, 5) is 0. The number of nitrogens with zero attached hydrogens (tertiary/aromatic N) is 1. The quantitative estimate of drug-likeness (QED) is 0.847. The molecule has 0 aromatic heterocycles. The minimum Gasteiger partial charge on any atom is -0.376 e. The molecule has 4 nitrogen and oxygen atoms in total. The summed E-state index contributed by atoms with van der Waals surface area (Å²) >= 11 is 0. The molecule has 3 N–H and O–H groups in total. The van der Waals surface area contributed by atoms with Gasteiger partial charge in [-0.25, -0.2) is 8.78 Å². The number of halogens is 2. The lowest BCUT2D eigenvalue weighted by Crippen LogP contribution is -2.65. The molecular weight excluding hydrogens is 252 g/mol. The third kappa shape index (κ3) is 1.86. The zero-order chi connectivity index (χ0) is 13.6. The molecule has 6 heteroatoms. The predicted octanol–water partition coefficient (Wildman–Crippen LogP) is 1.36. The van der Waals surface area contributed by atoms with E-state index in [1.165, 1.54) is 0 Å². The Kier molecular flexibility index (Phi) is 2.88. The second kappa shape index (κ2) is 4.44. The Morgan fingerprint density at radius 2 is 2.05 bits per heavy atom. The summed E-state index contributed by atoms with van der Waals surface area (Å²) < 4.78 is 33.0. The number of ether oxygens (including phenoxy) is 1. The van der Waals surface area contributed by atoms with Crippen molar-refractivity contribution in [2.75, 3.05) is 11.9 Å². The Morgan fingerprint density at radius 3 is 2.68 bits per heavy atom. The monoisotopic (exact) mass is 265 g/mol. The summed E-state index contributed by atoms with van der Waals surface area (Å²) in [6.07, 6.45) is 0.812. The van der Waals surface area contributed by atoms with Crippen molar-refractivity contribution in [2.45, 2.75) is 24.6 Å². The number of hydrogen-bond donors (Lipinski definition) is 2. The van der Waals surface area contributed by atoms with Crippen molar-refractivity contribution in [1.82, 2.24) is 0 Å². The van der Waals surface area contributed by atoms with E-state index in [9.17, 15) is 8.78 Å². The first-order valence-electron chi connectivity index (χ1n) is 6.14. The molecule has 1 aromatic rings. The molecular formula is C13H13F2N3O. The number of hydrogen-bond acceptors (Lipinski definition) is 4. The van der Waals surface area contributed by atoms with Crippen molar-refractivity contribution in [2.24, 2.45) is 11.7 Å². The van der Waals surface area contributed by atoms with Crippen LogP contribution in [0.25, 0.3) is 0 Å². The molecule has 2 fully saturated rings. The minimum absolute atomic E-state index is 0.0477. The maximum absolute atomic E-state index is 13.8. The third-order valence-corrected chi connectivity index (χ3v) is 3.93. The molecule has 1 aliphatic heterocycles. The Labute approximate surface area is 109 Å². The molecule has 0 amide bonds. The van der Waals surface area contributed by atoms with Crippen LogP contribution in [0.1, 0.15) is 12.0 Å². The highest BCUT2D eigenvalue weighted by molar-refractivity contribution is 5.52. The van der Waals surface area contributed by atoms with Gasteiger partial charge in [0.15, 0.2) is 11.6 Å². The lowest BCUT2D eigenvalue weighted by molar-refractivity contribution is 0.00516. The molecule has 1 saturated heterocycles. The Balaban J connectivity index is 1.83. The van der Waals surface area contributed by atoms with Crippen LogP contribution in [-0.2, 0) is 4.74 Å². The van der Waals surface area contributed by atoms with Gasteiger partial charge in [-0.15, -0.1) is 0 Å². The summed E-state index contributed by atoms with van der Waals surface area (Å²) in [5.41, 5.74) is 5.68. The molecule has 1 heterocycles. The van der Waals surface area contributed by atoms with Gasteiger partial charge < -0.3 is 15.8 Å². The molecule has 3 rings (SSSR count). The molecule has 4 unspecified atom stereocenters. The van der Waals surface area contributed by atoms with Crippen molar-refractivity contribution in [3.8, 4) is 6.07 Å². The van der Waals surface area contributed by atoms with Crippen LogP contribution in [0.15, 0.2) is 12.1 Å². The molecule has 4 atom stereocenters. The molecule has 1 aliphatic carbocycles. The van der Waals surface area contributed by atoms with Gasteiger partial charge in [-0.2, -0.15) is 5.26 Å². The van der Waals surface area contributed by atoms with Gasteiger partial charge in [0.25, 0.3) is 0 Å². The van der Waals surface area contributed by atoms with Gasteiger partial charge in [0.1, 0.15) is 5.69 Å². The zero-order valence-electron chi connectivity index (χ0n) is 10.1. The summed E-state index contributed by atoms with van der Waals surface area (Å²) in [5.74, 6) is -1.31. The topological polar surface area (TPSA) is 71.1 Å². The van der Waals surface area contributed by atoms with Crippen LogP contribution in [0.3, 0.4) is 0 Å². The van der Waals surface area contributed by atoms with Crippen LogP contribution in [0, 0.1) is 28.9 Å². The third-order valence-electron chi connectivity index (χ3n) is 3.93. The fourth-order valence-corrected chi connectivity index (χ4v) is 2.87. The van der Waals surface area contributed by atoms with Crippen LogP contribution in [0.4, 0.5) is 14.5 Å². The maximum atomic E-state index is 13.8. The lowest BCUT2D eigenvalue weighted by Gasteiger charge is -2.46. The van der Waals surface area contributed by atoms with E-state index in [2.05, 4.69) is 5.32 Å². The van der Waals surface area contributed by atoms with Gasteiger partial charge in [0.2, 0.25) is 0 Å². The van der Waals surface area contributed by atoms with Crippen molar-refractivity contribution < 1.29 is 13.5 Å². The first kappa shape index (κ1) is 12.3. The van der Waals surface area contributed by atoms with Crippen molar-refractivity contribution in [3.63, 3.8) is 0 Å². The Bertz CT molecular complexity index is 534. The average Bonchev–Trinajstić information content (AvgIpc) is 2.82. The van der Waals surface area contributed by atoms with Crippen LogP contribution in [-0.4, -0.2) is 24.8 Å². The first-order valence-corrected chi connectivity index (χ1v) is 6.14. The van der Waals surface area contributed by atoms with E-state index in [4.69, 9.17) is 15.7 Å². The van der Waals surface area contributed by atoms with E-state index >= 15 is 0 Å². The largest absolute Gasteiger partial charge is 0.376 e. The second-order valence-electron chi connectivity index (χ2n) is 4.96. The van der Waals surface area contributed by atoms with Crippen LogP contribution in [0.2, 0.25) is 0 Å². The summed E-state index contributed by atoms with van der Waals surface area (Å²) in [6.45, 7) is 0.638. The van der Waals surface area contributed by atoms with Gasteiger partial charge in [-0.1, -0.05) is 0 Å². The Hall–Kier alpha value is -1.71. The highest BCUT2D eigenvalue weighted by atomic mass is 19.1. The number of anilines is 1. The van der Waals surface area contributed by atoms with E-state index in [1.807, 2.05) is 0 Å². The van der Waals surface area contributed by atoms with Gasteiger partial charge >= 0.3 is 0 Å². The molecule has 0 radical (unpaired) electrons. The molecule has 0 spiro atoms. The van der Waals surface area contributed by atoms with E-state index in [-0.39, 0.29) is 35.4 Å². The number of nitrogens with two attached hydrogens (primary N) is 1. The van der Waals surface area contributed by atoms with Crippen molar-refractivity contribution in [3.05, 3.63) is 29.3 Å².